The van der Waals surface area contributed by atoms with E-state index in [1.165, 1.54) is 26.4 Å². The third-order valence-corrected chi connectivity index (χ3v) is 6.48. The lowest BCUT2D eigenvalue weighted by Gasteiger charge is -2.26. The van der Waals surface area contributed by atoms with Crippen LogP contribution >= 0.6 is 11.3 Å². The van der Waals surface area contributed by atoms with Crippen LogP contribution in [0.4, 0.5) is 0 Å². The van der Waals surface area contributed by atoms with E-state index in [2.05, 4.69) is 69.1 Å². The summed E-state index contributed by atoms with van der Waals surface area (Å²) in [6.45, 7) is 5.53. The average molecular weight is 390 g/mol. The van der Waals surface area contributed by atoms with E-state index in [0.717, 1.165) is 43.8 Å². The highest BCUT2D eigenvalue weighted by Gasteiger charge is 2.12. The first-order valence-electron chi connectivity index (χ1n) is 9.68. The summed E-state index contributed by atoms with van der Waals surface area (Å²) in [5.41, 5.74) is 5.67. The monoisotopic (exact) mass is 389 g/mol. The summed E-state index contributed by atoms with van der Waals surface area (Å²) in [7, 11) is 1.93. The van der Waals surface area contributed by atoms with Crippen LogP contribution in [0.3, 0.4) is 0 Å². The molecule has 5 rings (SSSR count). The summed E-state index contributed by atoms with van der Waals surface area (Å²) < 4.78 is 1.82. The van der Waals surface area contributed by atoms with Gasteiger partial charge >= 0.3 is 0 Å². The minimum Gasteiger partial charge on any atom is -0.314 e. The van der Waals surface area contributed by atoms with Crippen molar-refractivity contribution in [1.29, 1.82) is 0 Å². The topological polar surface area (TPSA) is 46.0 Å². The third kappa shape index (κ3) is 3.46. The van der Waals surface area contributed by atoms with Crippen molar-refractivity contribution in [1.82, 2.24) is 25.2 Å². The van der Waals surface area contributed by atoms with E-state index < -0.39 is 0 Å². The van der Waals surface area contributed by atoms with Crippen molar-refractivity contribution in [2.45, 2.75) is 6.54 Å². The molecule has 1 saturated heterocycles. The van der Waals surface area contributed by atoms with E-state index in [1.54, 1.807) is 0 Å². The summed E-state index contributed by atoms with van der Waals surface area (Å²) in [4.78, 5) is 5.30. The first-order chi connectivity index (χ1) is 13.8. The summed E-state index contributed by atoms with van der Waals surface area (Å²) in [6, 6.07) is 19.7. The van der Waals surface area contributed by atoms with Gasteiger partial charge in [0.2, 0.25) is 0 Å². The average Bonchev–Trinajstić information content (AvgIpc) is 3.36. The number of fused-ring (bicyclic) bond motifs is 1. The van der Waals surface area contributed by atoms with Crippen LogP contribution in [0.25, 0.3) is 32.6 Å². The SMILES string of the molecule is Cn1nnc2ccc(-c3ccc(-c4ccc(CN5CCNCC5)s4)cc3)cc21. The lowest BCUT2D eigenvalue weighted by Crippen LogP contribution is -2.42. The quantitative estimate of drug-likeness (QED) is 0.577. The molecule has 0 spiro atoms. The number of aromatic nitrogens is 3. The van der Waals surface area contributed by atoms with E-state index >= 15 is 0 Å². The smallest absolute Gasteiger partial charge is 0.113 e. The molecule has 0 bridgehead atoms. The molecular weight excluding hydrogens is 366 g/mol. The highest BCUT2D eigenvalue weighted by atomic mass is 32.1. The van der Waals surface area contributed by atoms with Gasteiger partial charge in [-0.1, -0.05) is 35.5 Å². The van der Waals surface area contributed by atoms with Gasteiger partial charge < -0.3 is 5.32 Å². The Morgan fingerprint density at radius 3 is 2.50 bits per heavy atom. The first-order valence-corrected chi connectivity index (χ1v) is 10.5. The van der Waals surface area contributed by atoms with Crippen molar-refractivity contribution in [3.05, 3.63) is 59.5 Å². The summed E-state index contributed by atoms with van der Waals surface area (Å²) >= 11 is 1.90. The van der Waals surface area contributed by atoms with Gasteiger partial charge in [0.25, 0.3) is 0 Å². The molecule has 0 saturated carbocycles. The summed E-state index contributed by atoms with van der Waals surface area (Å²) in [6.07, 6.45) is 0. The van der Waals surface area contributed by atoms with Crippen LogP contribution in [0, 0.1) is 0 Å². The molecule has 0 aliphatic carbocycles. The van der Waals surface area contributed by atoms with Gasteiger partial charge in [0.05, 0.1) is 5.52 Å². The number of rotatable bonds is 4. The Hall–Kier alpha value is -2.54. The van der Waals surface area contributed by atoms with Crippen molar-refractivity contribution < 1.29 is 0 Å². The molecule has 1 aliphatic heterocycles. The first kappa shape index (κ1) is 17.6. The molecule has 2 aromatic heterocycles. The number of benzene rings is 2. The molecule has 1 aliphatic rings. The molecule has 5 nitrogen and oxygen atoms in total. The minimum atomic E-state index is 0.929. The Kier molecular flexibility index (Phi) is 4.68. The van der Waals surface area contributed by atoms with E-state index in [4.69, 9.17) is 0 Å². The number of nitrogens with one attached hydrogen (secondary N) is 1. The molecule has 4 aromatic rings. The second kappa shape index (κ2) is 7.47. The zero-order valence-electron chi connectivity index (χ0n) is 15.9. The predicted molar refractivity (Wildman–Crippen MR) is 115 cm³/mol. The minimum absolute atomic E-state index is 0.929. The van der Waals surface area contributed by atoms with Crippen molar-refractivity contribution in [3.63, 3.8) is 0 Å². The second-order valence-electron chi connectivity index (χ2n) is 7.29. The lowest BCUT2D eigenvalue weighted by molar-refractivity contribution is 0.235. The van der Waals surface area contributed by atoms with Crippen molar-refractivity contribution in [2.24, 2.45) is 7.05 Å². The van der Waals surface area contributed by atoms with Crippen LogP contribution in [-0.4, -0.2) is 46.1 Å². The fourth-order valence-electron chi connectivity index (χ4n) is 3.74. The van der Waals surface area contributed by atoms with Gasteiger partial charge in [-0.15, -0.1) is 16.4 Å². The van der Waals surface area contributed by atoms with E-state index in [-0.39, 0.29) is 0 Å². The van der Waals surface area contributed by atoms with Crippen LogP contribution in [0.1, 0.15) is 4.88 Å². The Balaban J connectivity index is 1.35. The zero-order chi connectivity index (χ0) is 18.9. The van der Waals surface area contributed by atoms with Gasteiger partial charge in [-0.25, -0.2) is 4.68 Å². The zero-order valence-corrected chi connectivity index (χ0v) is 16.7. The molecule has 1 fully saturated rings. The summed E-state index contributed by atoms with van der Waals surface area (Å²) in [5.74, 6) is 0. The largest absolute Gasteiger partial charge is 0.314 e. The van der Waals surface area contributed by atoms with Crippen LogP contribution < -0.4 is 5.32 Å². The second-order valence-corrected chi connectivity index (χ2v) is 8.45. The maximum atomic E-state index is 4.16. The molecule has 28 heavy (non-hydrogen) atoms. The van der Waals surface area contributed by atoms with Gasteiger partial charge in [-0.2, -0.15) is 0 Å². The Bertz CT molecular complexity index is 1090. The molecule has 0 atom stereocenters. The fraction of sp³-hybridized carbons (Fsp3) is 0.273. The van der Waals surface area contributed by atoms with Crippen LogP contribution in [0.2, 0.25) is 0 Å². The number of nitrogens with zero attached hydrogens (tertiary/aromatic N) is 4. The van der Waals surface area contributed by atoms with E-state index in [9.17, 15) is 0 Å². The maximum absolute atomic E-state index is 4.16. The number of piperazine rings is 1. The molecule has 0 amide bonds. The highest BCUT2D eigenvalue weighted by Crippen LogP contribution is 2.31. The van der Waals surface area contributed by atoms with E-state index in [0.29, 0.717) is 0 Å². The lowest BCUT2D eigenvalue weighted by atomic mass is 10.0. The van der Waals surface area contributed by atoms with Gasteiger partial charge in [-0.05, 0) is 41.0 Å². The molecule has 0 radical (unpaired) electrons. The van der Waals surface area contributed by atoms with Crippen molar-refractivity contribution >= 4 is 22.4 Å². The molecule has 2 aromatic carbocycles. The van der Waals surface area contributed by atoms with Gasteiger partial charge in [0.1, 0.15) is 5.52 Å². The Labute approximate surface area is 168 Å². The number of thiophene rings is 1. The maximum Gasteiger partial charge on any atom is 0.113 e. The Morgan fingerprint density at radius 2 is 1.68 bits per heavy atom. The van der Waals surface area contributed by atoms with Crippen molar-refractivity contribution in [2.75, 3.05) is 26.2 Å². The third-order valence-electron chi connectivity index (χ3n) is 5.36. The predicted octanol–water partition coefficient (Wildman–Crippen LogP) is 3.77. The van der Waals surface area contributed by atoms with Crippen molar-refractivity contribution in [3.8, 4) is 21.6 Å². The van der Waals surface area contributed by atoms with E-state index in [1.807, 2.05) is 29.1 Å². The van der Waals surface area contributed by atoms with Gasteiger partial charge in [0.15, 0.2) is 0 Å². The normalized spacial score (nSPS) is 15.3. The Morgan fingerprint density at radius 1 is 0.929 bits per heavy atom. The van der Waals surface area contributed by atoms with Crippen LogP contribution in [0.15, 0.2) is 54.6 Å². The van der Waals surface area contributed by atoms with Crippen LogP contribution in [0.5, 0.6) is 0 Å². The van der Waals surface area contributed by atoms with Crippen LogP contribution in [-0.2, 0) is 13.6 Å². The number of aryl methyl sites for hydroxylation is 1. The summed E-state index contributed by atoms with van der Waals surface area (Å²) in [5, 5.41) is 11.7. The van der Waals surface area contributed by atoms with Gasteiger partial charge in [-0.3, -0.25) is 4.90 Å². The standard InChI is InChI=1S/C22H23N5S/c1-26-21-14-18(6-8-20(21)24-25-26)16-2-4-17(5-3-16)22-9-7-19(28-22)15-27-12-10-23-11-13-27/h2-9,14,23H,10-13,15H2,1H3. The molecule has 142 valence electrons. The molecule has 1 N–H and O–H groups in total. The molecular formula is C22H23N5S. The highest BCUT2D eigenvalue weighted by molar-refractivity contribution is 7.15. The fourth-order valence-corrected chi connectivity index (χ4v) is 4.80. The molecule has 3 heterocycles. The number of hydrogen-bond donors (Lipinski definition) is 1. The molecule has 6 heteroatoms. The van der Waals surface area contributed by atoms with Gasteiger partial charge in [0, 0.05) is 49.5 Å². The number of hydrogen-bond acceptors (Lipinski definition) is 5. The molecule has 0 unspecified atom stereocenters.